The quantitative estimate of drug-likeness (QED) is 0.708. The summed E-state index contributed by atoms with van der Waals surface area (Å²) in [6, 6.07) is 0. The molecule has 0 unspecified atom stereocenters. The van der Waals surface area contributed by atoms with E-state index in [2.05, 4.69) is 10.3 Å². The smallest absolute Gasteiger partial charge is 0.303 e. The number of imidazole rings is 1. The summed E-state index contributed by atoms with van der Waals surface area (Å²) >= 11 is 0. The number of amides is 2. The third-order valence-corrected chi connectivity index (χ3v) is 2.60. The maximum Gasteiger partial charge on any atom is 0.303 e. The van der Waals surface area contributed by atoms with Crippen LogP contribution in [0.2, 0.25) is 0 Å². The molecule has 19 heavy (non-hydrogen) atoms. The minimum absolute atomic E-state index is 0.107. The lowest BCUT2D eigenvalue weighted by Crippen LogP contribution is -2.31. The highest BCUT2D eigenvalue weighted by Gasteiger charge is 2.12. The number of rotatable bonds is 7. The largest absolute Gasteiger partial charge is 0.481 e. The van der Waals surface area contributed by atoms with Crippen LogP contribution in [0.3, 0.4) is 0 Å². The highest BCUT2D eigenvalue weighted by molar-refractivity contribution is 6.03. The molecule has 0 aliphatic carbocycles. The van der Waals surface area contributed by atoms with Gasteiger partial charge in [-0.15, -0.1) is 0 Å². The number of hydrogen-bond donors (Lipinski definition) is 2. The number of unbranched alkanes of at least 4 members (excludes halogenated alkanes) is 2. The lowest BCUT2D eigenvalue weighted by molar-refractivity contribution is -0.137. The summed E-state index contributed by atoms with van der Waals surface area (Å²) in [6.07, 6.45) is 4.94. The number of imide groups is 1. The molecule has 7 heteroatoms. The average molecular weight is 267 g/mol. The minimum atomic E-state index is -0.837. The number of hydrogen-bond acceptors (Lipinski definition) is 4. The van der Waals surface area contributed by atoms with Crippen LogP contribution in [0.15, 0.2) is 12.5 Å². The number of carboxylic acids is 1. The zero-order valence-corrected chi connectivity index (χ0v) is 10.8. The molecule has 0 fully saturated rings. The molecule has 0 spiro atoms. The molecule has 1 aromatic heterocycles. The van der Waals surface area contributed by atoms with E-state index in [1.807, 2.05) is 0 Å². The van der Waals surface area contributed by atoms with Gasteiger partial charge in [-0.3, -0.25) is 19.7 Å². The number of aryl methyl sites for hydroxylation is 1. The van der Waals surface area contributed by atoms with Crippen molar-refractivity contribution in [2.24, 2.45) is 7.05 Å². The van der Waals surface area contributed by atoms with Crippen LogP contribution < -0.4 is 5.32 Å². The number of aromatic nitrogens is 2. The number of nitrogens with one attached hydrogen (secondary N) is 1. The average Bonchev–Trinajstić information content (AvgIpc) is 2.74. The number of carbonyl (C=O) groups excluding carboxylic acids is 2. The van der Waals surface area contributed by atoms with E-state index >= 15 is 0 Å². The fourth-order valence-corrected chi connectivity index (χ4v) is 1.57. The van der Waals surface area contributed by atoms with Gasteiger partial charge in [0.05, 0.1) is 12.5 Å². The zero-order chi connectivity index (χ0) is 14.3. The van der Waals surface area contributed by atoms with Crippen LogP contribution in [0.1, 0.15) is 42.6 Å². The molecule has 2 N–H and O–H groups in total. The topological polar surface area (TPSA) is 101 Å². The summed E-state index contributed by atoms with van der Waals surface area (Å²) in [5, 5.41) is 10.7. The Morgan fingerprint density at radius 3 is 2.53 bits per heavy atom. The second kappa shape index (κ2) is 7.30. The lowest BCUT2D eigenvalue weighted by Gasteiger charge is -2.04. The van der Waals surface area contributed by atoms with Crippen LogP contribution in [0.25, 0.3) is 0 Å². The van der Waals surface area contributed by atoms with E-state index in [-0.39, 0.29) is 18.7 Å². The van der Waals surface area contributed by atoms with Crippen molar-refractivity contribution in [3.63, 3.8) is 0 Å². The number of nitrogens with zero attached hydrogens (tertiary/aromatic N) is 2. The summed E-state index contributed by atoms with van der Waals surface area (Å²) in [6.45, 7) is 0. The van der Waals surface area contributed by atoms with Crippen molar-refractivity contribution in [3.05, 3.63) is 18.2 Å². The van der Waals surface area contributed by atoms with E-state index < -0.39 is 11.9 Å². The Morgan fingerprint density at radius 1 is 1.26 bits per heavy atom. The Kier molecular flexibility index (Phi) is 5.72. The normalized spacial score (nSPS) is 10.2. The molecular weight excluding hydrogens is 250 g/mol. The predicted octanol–water partition coefficient (Wildman–Crippen LogP) is 0.712. The van der Waals surface area contributed by atoms with E-state index in [0.717, 1.165) is 0 Å². The summed E-state index contributed by atoms with van der Waals surface area (Å²) < 4.78 is 1.52. The molecular formula is C12H17N3O4. The SMILES string of the molecule is Cn1cncc1C(=O)NC(=O)CCCCCC(=O)O. The first kappa shape index (κ1) is 14.9. The molecule has 0 aliphatic rings. The number of carboxylic acid groups (broad SMARTS) is 1. The second-order valence-electron chi connectivity index (χ2n) is 4.22. The number of aliphatic carboxylic acids is 1. The Hall–Kier alpha value is -2.18. The molecule has 0 atom stereocenters. The summed E-state index contributed by atoms with van der Waals surface area (Å²) in [4.78, 5) is 37.2. The van der Waals surface area contributed by atoms with E-state index in [1.165, 1.54) is 17.1 Å². The Morgan fingerprint density at radius 2 is 1.95 bits per heavy atom. The van der Waals surface area contributed by atoms with Crippen LogP contribution >= 0.6 is 0 Å². The first-order valence-electron chi connectivity index (χ1n) is 6.03. The van der Waals surface area contributed by atoms with Crippen LogP contribution in [0.5, 0.6) is 0 Å². The van der Waals surface area contributed by atoms with Gasteiger partial charge >= 0.3 is 5.97 Å². The van der Waals surface area contributed by atoms with Crippen LogP contribution in [-0.4, -0.2) is 32.4 Å². The highest BCUT2D eigenvalue weighted by Crippen LogP contribution is 2.03. The standard InChI is InChI=1S/C12H17N3O4/c1-15-8-13-7-9(15)12(19)14-10(16)5-3-2-4-6-11(17)18/h7-8H,2-6H2,1H3,(H,17,18)(H,14,16,19). The second-order valence-corrected chi connectivity index (χ2v) is 4.22. The molecule has 0 saturated carbocycles. The summed E-state index contributed by atoms with van der Waals surface area (Å²) in [5.41, 5.74) is 0.319. The fourth-order valence-electron chi connectivity index (χ4n) is 1.57. The molecule has 1 aromatic rings. The fraction of sp³-hybridized carbons (Fsp3) is 0.500. The molecule has 0 radical (unpaired) electrons. The van der Waals surface area contributed by atoms with Crippen LogP contribution in [-0.2, 0) is 16.6 Å². The first-order chi connectivity index (χ1) is 9.00. The van der Waals surface area contributed by atoms with Gasteiger partial charge in [-0.2, -0.15) is 0 Å². The van der Waals surface area contributed by atoms with Crippen molar-refractivity contribution < 1.29 is 19.5 Å². The molecule has 0 aliphatic heterocycles. The molecule has 0 saturated heterocycles. The van der Waals surface area contributed by atoms with E-state index in [9.17, 15) is 14.4 Å². The van der Waals surface area contributed by atoms with Gasteiger partial charge in [0.2, 0.25) is 5.91 Å². The molecule has 1 rings (SSSR count). The highest BCUT2D eigenvalue weighted by atomic mass is 16.4. The predicted molar refractivity (Wildman–Crippen MR) is 66.4 cm³/mol. The minimum Gasteiger partial charge on any atom is -0.481 e. The van der Waals surface area contributed by atoms with Gasteiger partial charge in [-0.1, -0.05) is 6.42 Å². The third kappa shape index (κ3) is 5.33. The van der Waals surface area contributed by atoms with Gasteiger partial charge in [0.1, 0.15) is 5.69 Å². The van der Waals surface area contributed by atoms with Crippen molar-refractivity contribution >= 4 is 17.8 Å². The van der Waals surface area contributed by atoms with Crippen molar-refractivity contribution in [2.75, 3.05) is 0 Å². The van der Waals surface area contributed by atoms with Gasteiger partial charge in [-0.05, 0) is 12.8 Å². The van der Waals surface area contributed by atoms with Gasteiger partial charge in [0.25, 0.3) is 5.91 Å². The van der Waals surface area contributed by atoms with E-state index in [0.29, 0.717) is 25.0 Å². The van der Waals surface area contributed by atoms with Crippen molar-refractivity contribution in [1.29, 1.82) is 0 Å². The summed E-state index contributed by atoms with van der Waals surface area (Å²) in [5.74, 6) is -1.67. The number of carbonyl (C=O) groups is 3. The maximum absolute atomic E-state index is 11.6. The summed E-state index contributed by atoms with van der Waals surface area (Å²) in [7, 11) is 1.66. The molecule has 1 heterocycles. The van der Waals surface area contributed by atoms with Gasteiger partial charge in [0.15, 0.2) is 0 Å². The van der Waals surface area contributed by atoms with Gasteiger partial charge in [0, 0.05) is 19.9 Å². The lowest BCUT2D eigenvalue weighted by atomic mass is 10.1. The molecule has 104 valence electrons. The maximum atomic E-state index is 11.6. The first-order valence-corrected chi connectivity index (χ1v) is 6.03. The molecule has 0 bridgehead atoms. The third-order valence-electron chi connectivity index (χ3n) is 2.60. The molecule has 2 amide bonds. The molecule has 0 aromatic carbocycles. The van der Waals surface area contributed by atoms with Crippen LogP contribution in [0.4, 0.5) is 0 Å². The molecule has 7 nitrogen and oxygen atoms in total. The van der Waals surface area contributed by atoms with Crippen molar-refractivity contribution in [2.45, 2.75) is 32.1 Å². The van der Waals surface area contributed by atoms with E-state index in [1.54, 1.807) is 7.05 Å². The Labute approximate surface area is 110 Å². The zero-order valence-electron chi connectivity index (χ0n) is 10.8. The van der Waals surface area contributed by atoms with E-state index in [4.69, 9.17) is 5.11 Å². The van der Waals surface area contributed by atoms with Gasteiger partial charge in [-0.25, -0.2) is 4.98 Å². The van der Waals surface area contributed by atoms with Crippen LogP contribution in [0, 0.1) is 0 Å². The van der Waals surface area contributed by atoms with Gasteiger partial charge < -0.3 is 9.67 Å². The Balaban J connectivity index is 2.23. The van der Waals surface area contributed by atoms with Crippen molar-refractivity contribution in [3.8, 4) is 0 Å². The monoisotopic (exact) mass is 267 g/mol. The Bertz CT molecular complexity index is 467. The van der Waals surface area contributed by atoms with Crippen molar-refractivity contribution in [1.82, 2.24) is 14.9 Å².